The van der Waals surface area contributed by atoms with E-state index in [0.717, 1.165) is 11.3 Å². The molecule has 1 amide bonds. The largest absolute Gasteiger partial charge is 0.481 e. The molecule has 0 spiro atoms. The van der Waals surface area contributed by atoms with Crippen LogP contribution in [-0.4, -0.2) is 41.5 Å². The molecule has 136 valence electrons. The highest BCUT2D eigenvalue weighted by Gasteiger charge is 2.41. The van der Waals surface area contributed by atoms with Gasteiger partial charge in [-0.05, 0) is 37.6 Å². The predicted octanol–water partition coefficient (Wildman–Crippen LogP) is 3.02. The fourth-order valence-electron chi connectivity index (χ4n) is 3.34. The van der Waals surface area contributed by atoms with E-state index in [1.54, 1.807) is 11.8 Å². The molecule has 0 aliphatic carbocycles. The van der Waals surface area contributed by atoms with Gasteiger partial charge < -0.3 is 10.0 Å². The molecule has 1 aliphatic heterocycles. The van der Waals surface area contributed by atoms with Crippen LogP contribution in [0.3, 0.4) is 0 Å². The number of para-hydroxylation sites is 1. The summed E-state index contributed by atoms with van der Waals surface area (Å²) in [5, 5.41) is 9.38. The summed E-state index contributed by atoms with van der Waals surface area (Å²) in [7, 11) is 0. The smallest absolute Gasteiger partial charge is 0.310 e. The van der Waals surface area contributed by atoms with E-state index in [9.17, 15) is 14.7 Å². The molecule has 0 saturated carbocycles. The van der Waals surface area contributed by atoms with Crippen LogP contribution in [0.4, 0.5) is 5.69 Å². The van der Waals surface area contributed by atoms with Crippen LogP contribution in [0, 0.1) is 5.41 Å². The van der Waals surface area contributed by atoms with E-state index < -0.39 is 11.4 Å². The molecule has 0 radical (unpaired) electrons. The first-order chi connectivity index (χ1) is 12.5. The lowest BCUT2D eigenvalue weighted by Gasteiger charge is -2.26. The van der Waals surface area contributed by atoms with Gasteiger partial charge in [0, 0.05) is 12.2 Å². The van der Waals surface area contributed by atoms with Gasteiger partial charge in [-0.1, -0.05) is 48.5 Å². The number of carboxylic acids is 1. The molecule has 1 aliphatic rings. The quantitative estimate of drug-likeness (QED) is 0.868. The van der Waals surface area contributed by atoms with Crippen LogP contribution in [0.5, 0.6) is 0 Å². The molecule has 1 heterocycles. The second kappa shape index (κ2) is 7.70. The van der Waals surface area contributed by atoms with E-state index in [1.165, 1.54) is 0 Å². The van der Waals surface area contributed by atoms with Crippen LogP contribution in [0.25, 0.3) is 0 Å². The molecule has 5 heteroatoms. The Morgan fingerprint density at radius 2 is 1.69 bits per heavy atom. The number of hydrogen-bond acceptors (Lipinski definition) is 3. The van der Waals surface area contributed by atoms with Crippen molar-refractivity contribution < 1.29 is 14.7 Å². The highest BCUT2D eigenvalue weighted by atomic mass is 16.4. The molecule has 1 fully saturated rings. The minimum atomic E-state index is -0.795. The summed E-state index contributed by atoms with van der Waals surface area (Å²) < 4.78 is 0. The molecule has 2 aromatic rings. The maximum atomic E-state index is 13.0. The summed E-state index contributed by atoms with van der Waals surface area (Å²) in [6, 6.07) is 19.5. The van der Waals surface area contributed by atoms with E-state index in [1.807, 2.05) is 65.6 Å². The number of aliphatic carboxylic acids is 1. The molecule has 5 nitrogen and oxygen atoms in total. The molecule has 2 aromatic carbocycles. The lowest BCUT2D eigenvalue weighted by atomic mass is 9.90. The molecular weight excluding hydrogens is 328 g/mol. The Kier molecular flexibility index (Phi) is 5.38. The van der Waals surface area contributed by atoms with E-state index >= 15 is 0 Å². The third-order valence-corrected chi connectivity index (χ3v) is 4.98. The van der Waals surface area contributed by atoms with Crippen LogP contribution in [0.1, 0.15) is 18.9 Å². The first-order valence-corrected chi connectivity index (χ1v) is 8.83. The van der Waals surface area contributed by atoms with Gasteiger partial charge in [-0.25, -0.2) is 0 Å². The second-order valence-electron chi connectivity index (χ2n) is 7.13. The third kappa shape index (κ3) is 4.11. The number of carboxylic acid groups (broad SMARTS) is 1. The van der Waals surface area contributed by atoms with Crippen molar-refractivity contribution in [1.82, 2.24) is 4.90 Å². The standard InChI is InChI=1S/C21H24N2O3/c1-21(20(25)26)12-13-22(16-21)15-19(24)23(18-10-6-3-7-11-18)14-17-8-4-2-5-9-17/h2-11H,12-16H2,1H3,(H,25,26). The van der Waals surface area contributed by atoms with Gasteiger partial charge in [-0.3, -0.25) is 14.5 Å². The average molecular weight is 352 g/mol. The maximum absolute atomic E-state index is 13.0. The summed E-state index contributed by atoms with van der Waals surface area (Å²) >= 11 is 0. The molecule has 26 heavy (non-hydrogen) atoms. The predicted molar refractivity (Wildman–Crippen MR) is 101 cm³/mol. The van der Waals surface area contributed by atoms with Gasteiger partial charge in [0.25, 0.3) is 0 Å². The summed E-state index contributed by atoms with van der Waals surface area (Å²) in [6.07, 6.45) is 0.569. The van der Waals surface area contributed by atoms with E-state index in [0.29, 0.717) is 26.1 Å². The minimum absolute atomic E-state index is 0.0188. The van der Waals surface area contributed by atoms with Crippen LogP contribution in [0.2, 0.25) is 0 Å². The zero-order valence-electron chi connectivity index (χ0n) is 15.0. The van der Waals surface area contributed by atoms with Gasteiger partial charge >= 0.3 is 5.97 Å². The monoisotopic (exact) mass is 352 g/mol. The molecule has 0 bridgehead atoms. The average Bonchev–Trinajstić information content (AvgIpc) is 3.03. The first kappa shape index (κ1) is 18.1. The number of nitrogens with zero attached hydrogens (tertiary/aromatic N) is 2. The molecule has 3 rings (SSSR count). The van der Waals surface area contributed by atoms with Crippen molar-refractivity contribution in [2.75, 3.05) is 24.5 Å². The number of rotatable bonds is 6. The van der Waals surface area contributed by atoms with Crippen LogP contribution < -0.4 is 4.90 Å². The molecule has 1 unspecified atom stereocenters. The Morgan fingerprint density at radius 3 is 2.27 bits per heavy atom. The first-order valence-electron chi connectivity index (χ1n) is 8.83. The molecule has 1 N–H and O–H groups in total. The fourth-order valence-corrected chi connectivity index (χ4v) is 3.34. The van der Waals surface area contributed by atoms with Crippen LogP contribution in [-0.2, 0) is 16.1 Å². The second-order valence-corrected chi connectivity index (χ2v) is 7.13. The zero-order valence-corrected chi connectivity index (χ0v) is 15.0. The molecule has 0 aromatic heterocycles. The van der Waals surface area contributed by atoms with Gasteiger partial charge in [-0.2, -0.15) is 0 Å². The number of amides is 1. The number of anilines is 1. The topological polar surface area (TPSA) is 60.9 Å². The van der Waals surface area contributed by atoms with E-state index in [2.05, 4.69) is 0 Å². The lowest BCUT2D eigenvalue weighted by molar-refractivity contribution is -0.147. The van der Waals surface area contributed by atoms with E-state index in [-0.39, 0.29) is 12.5 Å². The van der Waals surface area contributed by atoms with Gasteiger partial charge in [0.2, 0.25) is 5.91 Å². The highest BCUT2D eigenvalue weighted by Crippen LogP contribution is 2.30. The number of benzene rings is 2. The summed E-state index contributed by atoms with van der Waals surface area (Å²) in [5.41, 5.74) is 1.14. The van der Waals surface area contributed by atoms with Crippen LogP contribution in [0.15, 0.2) is 60.7 Å². The minimum Gasteiger partial charge on any atom is -0.481 e. The summed E-state index contributed by atoms with van der Waals surface area (Å²) in [6.45, 7) is 3.50. The van der Waals surface area contributed by atoms with Crippen molar-refractivity contribution >= 4 is 17.6 Å². The Hall–Kier alpha value is -2.66. The third-order valence-electron chi connectivity index (χ3n) is 4.98. The summed E-state index contributed by atoms with van der Waals surface area (Å²) in [4.78, 5) is 28.2. The van der Waals surface area contributed by atoms with Gasteiger partial charge in [0.05, 0.1) is 18.5 Å². The maximum Gasteiger partial charge on any atom is 0.310 e. The molecule has 1 saturated heterocycles. The Balaban J connectivity index is 1.74. The Bertz CT molecular complexity index is 763. The zero-order chi connectivity index (χ0) is 18.6. The van der Waals surface area contributed by atoms with Gasteiger partial charge in [0.1, 0.15) is 0 Å². The number of likely N-dealkylation sites (tertiary alicyclic amines) is 1. The van der Waals surface area contributed by atoms with Crippen molar-refractivity contribution in [1.29, 1.82) is 0 Å². The van der Waals surface area contributed by atoms with Crippen molar-refractivity contribution in [3.63, 3.8) is 0 Å². The fraction of sp³-hybridized carbons (Fsp3) is 0.333. The lowest BCUT2D eigenvalue weighted by Crippen LogP contribution is -2.40. The number of hydrogen-bond donors (Lipinski definition) is 1. The van der Waals surface area contributed by atoms with Gasteiger partial charge in [-0.15, -0.1) is 0 Å². The van der Waals surface area contributed by atoms with Crippen molar-refractivity contribution in [3.8, 4) is 0 Å². The molecule has 1 atom stereocenters. The Labute approximate surface area is 153 Å². The summed E-state index contributed by atoms with van der Waals surface area (Å²) in [5.74, 6) is -0.814. The van der Waals surface area contributed by atoms with Gasteiger partial charge in [0.15, 0.2) is 0 Å². The van der Waals surface area contributed by atoms with Crippen molar-refractivity contribution in [3.05, 3.63) is 66.2 Å². The normalized spacial score (nSPS) is 20.0. The van der Waals surface area contributed by atoms with Crippen LogP contribution >= 0.6 is 0 Å². The van der Waals surface area contributed by atoms with E-state index in [4.69, 9.17) is 0 Å². The number of carbonyl (C=O) groups excluding carboxylic acids is 1. The Morgan fingerprint density at radius 1 is 1.08 bits per heavy atom. The van der Waals surface area contributed by atoms with Crippen molar-refractivity contribution in [2.45, 2.75) is 19.9 Å². The number of carbonyl (C=O) groups is 2. The highest BCUT2D eigenvalue weighted by molar-refractivity contribution is 5.94. The molecular formula is C21H24N2O3. The van der Waals surface area contributed by atoms with Crippen molar-refractivity contribution in [2.24, 2.45) is 5.41 Å². The SMILES string of the molecule is CC1(C(=O)O)CCN(CC(=O)N(Cc2ccccc2)c2ccccc2)C1.